The zero-order valence-corrected chi connectivity index (χ0v) is 14.9. The lowest BCUT2D eigenvalue weighted by molar-refractivity contribution is 0.386. The first-order valence-electron chi connectivity index (χ1n) is 8.27. The van der Waals surface area contributed by atoms with Gasteiger partial charge in [0.25, 0.3) is 0 Å². The van der Waals surface area contributed by atoms with Crippen LogP contribution in [0, 0.1) is 5.82 Å². The summed E-state index contributed by atoms with van der Waals surface area (Å²) in [6.45, 7) is 3.65. The lowest BCUT2D eigenvalue weighted by atomic mass is 10.1. The van der Waals surface area contributed by atoms with E-state index in [2.05, 4.69) is 25.8 Å². The van der Waals surface area contributed by atoms with Gasteiger partial charge in [0, 0.05) is 20.1 Å². The standard InChI is InChI=1S/C17H25FN6O/c1-13(14-6-7-16(25-3)15(18)10-14)23-17(19-2)20-8-4-5-9-24-11-21-22-12-24/h6-7,10-13H,4-5,8-9H2,1-3H3,(H2,19,20,23). The Balaban J connectivity index is 1.75. The molecule has 0 radical (unpaired) electrons. The van der Waals surface area contributed by atoms with Crippen molar-refractivity contribution in [3.05, 3.63) is 42.2 Å². The van der Waals surface area contributed by atoms with E-state index in [0.29, 0.717) is 5.96 Å². The molecule has 8 heteroatoms. The van der Waals surface area contributed by atoms with Crippen molar-refractivity contribution in [2.24, 2.45) is 4.99 Å². The number of aliphatic imine (C=N–C) groups is 1. The lowest BCUT2D eigenvalue weighted by Crippen LogP contribution is -2.39. The molecule has 1 atom stereocenters. The van der Waals surface area contributed by atoms with Gasteiger partial charge in [-0.25, -0.2) is 4.39 Å². The Hall–Kier alpha value is -2.64. The Bertz CT molecular complexity index is 674. The summed E-state index contributed by atoms with van der Waals surface area (Å²) in [5, 5.41) is 14.1. The average Bonchev–Trinajstić information content (AvgIpc) is 3.13. The fourth-order valence-corrected chi connectivity index (χ4v) is 2.40. The molecule has 0 bridgehead atoms. The third-order valence-electron chi connectivity index (χ3n) is 3.85. The van der Waals surface area contributed by atoms with Crippen LogP contribution in [0.4, 0.5) is 4.39 Å². The van der Waals surface area contributed by atoms with E-state index in [1.54, 1.807) is 25.8 Å². The van der Waals surface area contributed by atoms with E-state index in [1.807, 2.05) is 17.6 Å². The number of nitrogens with zero attached hydrogens (tertiary/aromatic N) is 4. The van der Waals surface area contributed by atoms with Gasteiger partial charge in [-0.05, 0) is 37.5 Å². The summed E-state index contributed by atoms with van der Waals surface area (Å²) < 4.78 is 20.7. The summed E-state index contributed by atoms with van der Waals surface area (Å²) in [4.78, 5) is 4.21. The molecule has 0 saturated carbocycles. The molecule has 1 unspecified atom stereocenters. The minimum atomic E-state index is -0.370. The van der Waals surface area contributed by atoms with Crippen molar-refractivity contribution in [1.82, 2.24) is 25.4 Å². The fourth-order valence-electron chi connectivity index (χ4n) is 2.40. The molecule has 0 aliphatic rings. The van der Waals surface area contributed by atoms with Gasteiger partial charge in [0.1, 0.15) is 12.7 Å². The molecule has 7 nitrogen and oxygen atoms in total. The van der Waals surface area contributed by atoms with Gasteiger partial charge in [0.15, 0.2) is 17.5 Å². The number of rotatable bonds is 8. The minimum absolute atomic E-state index is 0.0800. The molecule has 0 fully saturated rings. The molecule has 0 aliphatic heterocycles. The Kier molecular flexibility index (Phi) is 7.18. The molecule has 25 heavy (non-hydrogen) atoms. The highest BCUT2D eigenvalue weighted by molar-refractivity contribution is 5.80. The summed E-state index contributed by atoms with van der Waals surface area (Å²) in [6.07, 6.45) is 5.43. The maximum Gasteiger partial charge on any atom is 0.191 e. The van der Waals surface area contributed by atoms with Crippen LogP contribution in [0.1, 0.15) is 31.4 Å². The first-order chi connectivity index (χ1) is 12.1. The summed E-state index contributed by atoms with van der Waals surface area (Å²) >= 11 is 0. The number of aromatic nitrogens is 3. The Morgan fingerprint density at radius 1 is 1.32 bits per heavy atom. The van der Waals surface area contributed by atoms with Crippen LogP contribution in [0.5, 0.6) is 5.75 Å². The van der Waals surface area contributed by atoms with Crippen LogP contribution in [0.2, 0.25) is 0 Å². The van der Waals surface area contributed by atoms with E-state index in [4.69, 9.17) is 4.74 Å². The van der Waals surface area contributed by atoms with Crippen molar-refractivity contribution in [3.8, 4) is 5.75 Å². The van der Waals surface area contributed by atoms with Gasteiger partial charge in [-0.15, -0.1) is 10.2 Å². The second-order valence-electron chi connectivity index (χ2n) is 5.67. The van der Waals surface area contributed by atoms with E-state index >= 15 is 0 Å². The maximum absolute atomic E-state index is 13.8. The zero-order chi connectivity index (χ0) is 18.1. The first kappa shape index (κ1) is 18.7. The second kappa shape index (κ2) is 9.61. The molecule has 0 saturated heterocycles. The van der Waals surface area contributed by atoms with Gasteiger partial charge < -0.3 is 19.9 Å². The van der Waals surface area contributed by atoms with Crippen molar-refractivity contribution >= 4 is 5.96 Å². The smallest absolute Gasteiger partial charge is 0.191 e. The lowest BCUT2D eigenvalue weighted by Gasteiger charge is -2.18. The van der Waals surface area contributed by atoms with Crippen molar-refractivity contribution in [2.75, 3.05) is 20.7 Å². The summed E-state index contributed by atoms with van der Waals surface area (Å²) in [7, 11) is 3.17. The monoisotopic (exact) mass is 348 g/mol. The number of unbranched alkanes of at least 4 members (excludes halogenated alkanes) is 1. The highest BCUT2D eigenvalue weighted by atomic mass is 19.1. The third kappa shape index (κ3) is 5.74. The van der Waals surface area contributed by atoms with E-state index in [0.717, 1.165) is 31.5 Å². The number of methoxy groups -OCH3 is 1. The Morgan fingerprint density at radius 3 is 2.72 bits per heavy atom. The molecule has 2 aromatic rings. The van der Waals surface area contributed by atoms with E-state index in [9.17, 15) is 4.39 Å². The van der Waals surface area contributed by atoms with Gasteiger partial charge in [-0.1, -0.05) is 6.07 Å². The molecule has 0 aliphatic carbocycles. The van der Waals surface area contributed by atoms with Gasteiger partial charge in [0.05, 0.1) is 13.2 Å². The SMILES string of the molecule is CN=C(NCCCCn1cnnc1)NC(C)c1ccc(OC)c(F)c1. The van der Waals surface area contributed by atoms with Crippen LogP contribution >= 0.6 is 0 Å². The van der Waals surface area contributed by atoms with Crippen LogP contribution in [0.3, 0.4) is 0 Å². The minimum Gasteiger partial charge on any atom is -0.494 e. The number of hydrogen-bond donors (Lipinski definition) is 2. The van der Waals surface area contributed by atoms with Crippen LogP contribution in [-0.2, 0) is 6.54 Å². The molecule has 0 spiro atoms. The van der Waals surface area contributed by atoms with Crippen molar-refractivity contribution in [2.45, 2.75) is 32.4 Å². The number of nitrogens with one attached hydrogen (secondary N) is 2. The molecular weight excluding hydrogens is 323 g/mol. The Labute approximate surface area is 147 Å². The predicted octanol–water partition coefficient (Wildman–Crippen LogP) is 2.13. The summed E-state index contributed by atoms with van der Waals surface area (Å²) in [5.41, 5.74) is 0.828. The van der Waals surface area contributed by atoms with E-state index in [-0.39, 0.29) is 17.6 Å². The molecule has 1 heterocycles. The summed E-state index contributed by atoms with van der Waals surface area (Å²) in [6, 6.07) is 4.86. The molecule has 136 valence electrons. The first-order valence-corrected chi connectivity index (χ1v) is 8.27. The highest BCUT2D eigenvalue weighted by Crippen LogP contribution is 2.21. The quantitative estimate of drug-likeness (QED) is 0.434. The van der Waals surface area contributed by atoms with Crippen LogP contribution in [0.25, 0.3) is 0 Å². The molecular formula is C17H25FN6O. The van der Waals surface area contributed by atoms with Gasteiger partial charge in [-0.2, -0.15) is 0 Å². The van der Waals surface area contributed by atoms with E-state index < -0.39 is 0 Å². The number of halogens is 1. The van der Waals surface area contributed by atoms with Crippen LogP contribution < -0.4 is 15.4 Å². The number of ether oxygens (including phenoxy) is 1. The number of aryl methyl sites for hydroxylation is 1. The van der Waals surface area contributed by atoms with Crippen LogP contribution in [-0.4, -0.2) is 41.4 Å². The van der Waals surface area contributed by atoms with Gasteiger partial charge in [0.2, 0.25) is 0 Å². The number of benzene rings is 1. The second-order valence-corrected chi connectivity index (χ2v) is 5.67. The molecule has 1 aromatic heterocycles. The number of guanidine groups is 1. The van der Waals surface area contributed by atoms with Gasteiger partial charge in [-0.3, -0.25) is 4.99 Å². The van der Waals surface area contributed by atoms with Crippen LogP contribution in [0.15, 0.2) is 35.8 Å². The van der Waals surface area contributed by atoms with Crippen molar-refractivity contribution < 1.29 is 9.13 Å². The predicted molar refractivity (Wildman–Crippen MR) is 95.1 cm³/mol. The number of hydrogen-bond acceptors (Lipinski definition) is 4. The molecule has 2 N–H and O–H groups in total. The summed E-state index contributed by atoms with van der Waals surface area (Å²) in [5.74, 6) is 0.560. The molecule has 0 amide bonds. The largest absolute Gasteiger partial charge is 0.494 e. The Morgan fingerprint density at radius 2 is 2.08 bits per heavy atom. The topological polar surface area (TPSA) is 76.4 Å². The van der Waals surface area contributed by atoms with Crippen molar-refractivity contribution in [3.63, 3.8) is 0 Å². The van der Waals surface area contributed by atoms with Gasteiger partial charge >= 0.3 is 0 Å². The third-order valence-corrected chi connectivity index (χ3v) is 3.85. The van der Waals surface area contributed by atoms with E-state index in [1.165, 1.54) is 13.2 Å². The molecule has 2 rings (SSSR count). The fraction of sp³-hybridized carbons (Fsp3) is 0.471. The highest BCUT2D eigenvalue weighted by Gasteiger charge is 2.11. The molecule has 1 aromatic carbocycles. The maximum atomic E-state index is 13.8. The van der Waals surface area contributed by atoms with Crippen molar-refractivity contribution in [1.29, 1.82) is 0 Å². The average molecular weight is 348 g/mol. The zero-order valence-electron chi connectivity index (χ0n) is 14.9. The normalized spacial score (nSPS) is 12.7.